The highest BCUT2D eigenvalue weighted by molar-refractivity contribution is 7.17. The van der Waals surface area contributed by atoms with Gasteiger partial charge in [0, 0.05) is 18.1 Å². The van der Waals surface area contributed by atoms with Gasteiger partial charge >= 0.3 is 0 Å². The normalized spacial score (nSPS) is 16.4. The van der Waals surface area contributed by atoms with Gasteiger partial charge in [0.1, 0.15) is 5.01 Å². The molecule has 1 fully saturated rings. The average molecular weight is 362 g/mol. The standard InChI is InChI=1S/C16H16ClN5OS/c17-13-3-1-2-12(10-13)4-5-15-20-22-14(18-19-16(22)24-15)11-21-6-8-23-9-7-21/h1-5,10H,6-9,11H2/b5-4+. The highest BCUT2D eigenvalue weighted by Gasteiger charge is 2.16. The second-order valence-electron chi connectivity index (χ2n) is 5.53. The number of morpholine rings is 1. The molecule has 2 aromatic heterocycles. The summed E-state index contributed by atoms with van der Waals surface area (Å²) >= 11 is 7.52. The number of hydrogen-bond donors (Lipinski definition) is 0. The lowest BCUT2D eigenvalue weighted by molar-refractivity contribution is 0.0328. The first kappa shape index (κ1) is 15.7. The van der Waals surface area contributed by atoms with Crippen LogP contribution < -0.4 is 0 Å². The van der Waals surface area contributed by atoms with Gasteiger partial charge in [-0.3, -0.25) is 4.90 Å². The SMILES string of the molecule is Clc1cccc(/C=C/c2nn3c(CN4CCOCC4)nnc3s2)c1. The van der Waals surface area contributed by atoms with Crippen molar-refractivity contribution in [2.24, 2.45) is 0 Å². The van der Waals surface area contributed by atoms with E-state index in [9.17, 15) is 0 Å². The predicted molar refractivity (Wildman–Crippen MR) is 95.1 cm³/mol. The van der Waals surface area contributed by atoms with Crippen LogP contribution in [0.1, 0.15) is 16.4 Å². The van der Waals surface area contributed by atoms with Gasteiger partial charge in [-0.2, -0.15) is 9.61 Å². The lowest BCUT2D eigenvalue weighted by Crippen LogP contribution is -2.36. The summed E-state index contributed by atoms with van der Waals surface area (Å²) in [6.07, 6.45) is 3.97. The maximum Gasteiger partial charge on any atom is 0.235 e. The Morgan fingerprint density at radius 3 is 2.92 bits per heavy atom. The summed E-state index contributed by atoms with van der Waals surface area (Å²) in [6, 6.07) is 7.72. The maximum absolute atomic E-state index is 6.00. The number of aromatic nitrogens is 4. The van der Waals surface area contributed by atoms with Gasteiger partial charge in [0.15, 0.2) is 5.82 Å². The van der Waals surface area contributed by atoms with Crippen LogP contribution in [0.5, 0.6) is 0 Å². The van der Waals surface area contributed by atoms with Gasteiger partial charge in [-0.1, -0.05) is 41.1 Å². The molecule has 0 unspecified atom stereocenters. The molecule has 0 radical (unpaired) electrons. The smallest absolute Gasteiger partial charge is 0.235 e. The Balaban J connectivity index is 1.53. The Morgan fingerprint density at radius 1 is 1.21 bits per heavy atom. The van der Waals surface area contributed by atoms with Crippen LogP contribution in [0.2, 0.25) is 5.02 Å². The average Bonchev–Trinajstić information content (AvgIpc) is 3.16. The van der Waals surface area contributed by atoms with E-state index < -0.39 is 0 Å². The van der Waals surface area contributed by atoms with Crippen molar-refractivity contribution in [3.05, 3.63) is 45.7 Å². The summed E-state index contributed by atoms with van der Waals surface area (Å²) in [5, 5.41) is 14.7. The van der Waals surface area contributed by atoms with Crippen LogP contribution in [0.4, 0.5) is 0 Å². The van der Waals surface area contributed by atoms with Crippen molar-refractivity contribution in [2.75, 3.05) is 26.3 Å². The summed E-state index contributed by atoms with van der Waals surface area (Å²) in [5.74, 6) is 0.866. The summed E-state index contributed by atoms with van der Waals surface area (Å²) < 4.78 is 7.21. The van der Waals surface area contributed by atoms with Crippen LogP contribution in [-0.4, -0.2) is 51.0 Å². The highest BCUT2D eigenvalue weighted by atomic mass is 35.5. The molecule has 24 heavy (non-hydrogen) atoms. The van der Waals surface area contributed by atoms with E-state index in [0.717, 1.165) is 59.2 Å². The number of nitrogens with zero attached hydrogens (tertiary/aromatic N) is 5. The number of fused-ring (bicyclic) bond motifs is 1. The zero-order valence-electron chi connectivity index (χ0n) is 12.9. The Labute approximate surface area is 148 Å². The minimum atomic E-state index is 0.725. The predicted octanol–water partition coefficient (Wildman–Crippen LogP) is 2.84. The summed E-state index contributed by atoms with van der Waals surface area (Å²) in [6.45, 7) is 4.12. The molecule has 3 heterocycles. The number of ether oxygens (including phenoxy) is 1. The van der Waals surface area contributed by atoms with Crippen molar-refractivity contribution >= 4 is 40.1 Å². The quantitative estimate of drug-likeness (QED) is 0.715. The molecule has 1 aromatic carbocycles. The van der Waals surface area contributed by atoms with Crippen LogP contribution in [0.15, 0.2) is 24.3 Å². The van der Waals surface area contributed by atoms with Crippen LogP contribution in [0.3, 0.4) is 0 Å². The largest absolute Gasteiger partial charge is 0.379 e. The summed E-state index contributed by atoms with van der Waals surface area (Å²) in [4.78, 5) is 3.12. The Kier molecular flexibility index (Phi) is 4.57. The molecule has 1 aliphatic rings. The van der Waals surface area contributed by atoms with E-state index >= 15 is 0 Å². The van der Waals surface area contributed by atoms with Crippen molar-refractivity contribution in [3.63, 3.8) is 0 Å². The van der Waals surface area contributed by atoms with Gasteiger partial charge < -0.3 is 4.74 Å². The molecule has 0 N–H and O–H groups in total. The molecule has 124 valence electrons. The van der Waals surface area contributed by atoms with E-state index in [-0.39, 0.29) is 0 Å². The molecule has 0 amide bonds. The minimum Gasteiger partial charge on any atom is -0.379 e. The van der Waals surface area contributed by atoms with Gasteiger partial charge in [-0.05, 0) is 23.8 Å². The van der Waals surface area contributed by atoms with Crippen molar-refractivity contribution < 1.29 is 4.74 Å². The zero-order chi connectivity index (χ0) is 16.4. The van der Waals surface area contributed by atoms with E-state index in [1.165, 1.54) is 11.3 Å². The summed E-state index contributed by atoms with van der Waals surface area (Å²) in [7, 11) is 0. The van der Waals surface area contributed by atoms with Gasteiger partial charge in [0.2, 0.25) is 4.96 Å². The van der Waals surface area contributed by atoms with E-state index in [0.29, 0.717) is 0 Å². The Hall–Kier alpha value is -1.80. The summed E-state index contributed by atoms with van der Waals surface area (Å²) in [5.41, 5.74) is 1.04. The molecule has 0 aliphatic carbocycles. The van der Waals surface area contributed by atoms with E-state index in [1.807, 2.05) is 40.9 Å². The first-order valence-corrected chi connectivity index (χ1v) is 8.92. The van der Waals surface area contributed by atoms with E-state index in [2.05, 4.69) is 20.2 Å². The molecule has 8 heteroatoms. The number of hydrogen-bond acceptors (Lipinski definition) is 6. The molecule has 0 saturated carbocycles. The fourth-order valence-electron chi connectivity index (χ4n) is 2.58. The van der Waals surface area contributed by atoms with Gasteiger partial charge in [-0.15, -0.1) is 10.2 Å². The molecule has 4 rings (SSSR count). The number of benzene rings is 1. The van der Waals surface area contributed by atoms with Crippen molar-refractivity contribution in [3.8, 4) is 0 Å². The van der Waals surface area contributed by atoms with Gasteiger partial charge in [0.05, 0.1) is 19.8 Å². The molecule has 6 nitrogen and oxygen atoms in total. The van der Waals surface area contributed by atoms with Crippen LogP contribution in [-0.2, 0) is 11.3 Å². The molecule has 0 bridgehead atoms. The van der Waals surface area contributed by atoms with Gasteiger partial charge in [-0.25, -0.2) is 0 Å². The van der Waals surface area contributed by atoms with Gasteiger partial charge in [0.25, 0.3) is 0 Å². The van der Waals surface area contributed by atoms with Crippen molar-refractivity contribution in [2.45, 2.75) is 6.54 Å². The van der Waals surface area contributed by atoms with Crippen molar-refractivity contribution in [1.82, 2.24) is 24.7 Å². The fraction of sp³-hybridized carbons (Fsp3) is 0.312. The molecule has 1 aliphatic heterocycles. The van der Waals surface area contributed by atoms with E-state index in [4.69, 9.17) is 16.3 Å². The Bertz CT molecular complexity index is 868. The zero-order valence-corrected chi connectivity index (χ0v) is 14.5. The number of rotatable bonds is 4. The second kappa shape index (κ2) is 6.98. The first-order valence-electron chi connectivity index (χ1n) is 7.73. The molecular formula is C16H16ClN5OS. The third kappa shape index (κ3) is 3.49. The van der Waals surface area contributed by atoms with Crippen LogP contribution in [0, 0.1) is 0 Å². The van der Waals surface area contributed by atoms with Crippen LogP contribution in [0.25, 0.3) is 17.1 Å². The topological polar surface area (TPSA) is 55.5 Å². The van der Waals surface area contributed by atoms with Crippen molar-refractivity contribution in [1.29, 1.82) is 0 Å². The van der Waals surface area contributed by atoms with Crippen LogP contribution >= 0.6 is 22.9 Å². The second-order valence-corrected chi connectivity index (χ2v) is 6.95. The molecular weight excluding hydrogens is 346 g/mol. The lowest BCUT2D eigenvalue weighted by atomic mass is 10.2. The monoisotopic (exact) mass is 361 g/mol. The lowest BCUT2D eigenvalue weighted by Gasteiger charge is -2.25. The first-order chi connectivity index (χ1) is 11.8. The molecule has 1 saturated heterocycles. The minimum absolute atomic E-state index is 0.725. The molecule has 0 spiro atoms. The molecule has 3 aromatic rings. The third-order valence-electron chi connectivity index (χ3n) is 3.81. The number of halogens is 1. The highest BCUT2D eigenvalue weighted by Crippen LogP contribution is 2.19. The molecule has 0 atom stereocenters. The van der Waals surface area contributed by atoms with E-state index in [1.54, 1.807) is 0 Å². The fourth-order valence-corrected chi connectivity index (χ4v) is 3.53. The maximum atomic E-state index is 6.00. The Morgan fingerprint density at radius 2 is 2.08 bits per heavy atom. The third-order valence-corrected chi connectivity index (χ3v) is 4.91.